The first-order chi connectivity index (χ1) is 8.47. The standard InChI is InChI=1S/C13H22N2O3/c1-13(12(17)18)7-2-3-8-15(13)11(16)9-5-4-6-10(9)14/h9-10H,2-8,14H2,1H3,(H,17,18). The third-order valence-corrected chi connectivity index (χ3v) is 4.50. The molecule has 0 aromatic heterocycles. The van der Waals surface area contributed by atoms with Crippen molar-refractivity contribution in [2.24, 2.45) is 11.7 Å². The Balaban J connectivity index is 2.18. The number of carbonyl (C=O) groups excluding carboxylic acids is 1. The molecule has 18 heavy (non-hydrogen) atoms. The molecule has 2 rings (SSSR count). The van der Waals surface area contributed by atoms with Crippen LogP contribution in [0, 0.1) is 5.92 Å². The fraction of sp³-hybridized carbons (Fsp3) is 0.846. The Labute approximate surface area is 107 Å². The van der Waals surface area contributed by atoms with E-state index in [2.05, 4.69) is 0 Å². The fourth-order valence-corrected chi connectivity index (χ4v) is 3.19. The number of nitrogens with two attached hydrogens (primary N) is 1. The Morgan fingerprint density at radius 3 is 2.56 bits per heavy atom. The molecule has 2 aliphatic rings. The number of carboxylic acid groups (broad SMARTS) is 1. The lowest BCUT2D eigenvalue weighted by Crippen LogP contribution is -2.59. The van der Waals surface area contributed by atoms with E-state index in [1.165, 1.54) is 0 Å². The number of carboxylic acids is 1. The molecule has 102 valence electrons. The van der Waals surface area contributed by atoms with Crippen molar-refractivity contribution in [3.63, 3.8) is 0 Å². The first kappa shape index (κ1) is 13.3. The summed E-state index contributed by atoms with van der Waals surface area (Å²) < 4.78 is 0. The highest BCUT2D eigenvalue weighted by atomic mass is 16.4. The minimum absolute atomic E-state index is 0.0513. The Bertz CT molecular complexity index is 358. The van der Waals surface area contributed by atoms with Gasteiger partial charge in [-0.05, 0) is 39.0 Å². The number of carbonyl (C=O) groups is 2. The number of aliphatic carboxylic acids is 1. The van der Waals surface area contributed by atoms with Crippen LogP contribution in [0.2, 0.25) is 0 Å². The summed E-state index contributed by atoms with van der Waals surface area (Å²) in [5, 5.41) is 9.40. The molecule has 1 saturated carbocycles. The monoisotopic (exact) mass is 254 g/mol. The van der Waals surface area contributed by atoms with Gasteiger partial charge in [0.05, 0.1) is 5.92 Å². The molecule has 1 aliphatic carbocycles. The van der Waals surface area contributed by atoms with E-state index in [9.17, 15) is 14.7 Å². The summed E-state index contributed by atoms with van der Waals surface area (Å²) in [4.78, 5) is 25.5. The summed E-state index contributed by atoms with van der Waals surface area (Å²) in [6.07, 6.45) is 4.92. The van der Waals surface area contributed by atoms with Crippen molar-refractivity contribution in [2.45, 2.75) is 57.0 Å². The van der Waals surface area contributed by atoms with Crippen LogP contribution in [0.25, 0.3) is 0 Å². The number of nitrogens with zero attached hydrogens (tertiary/aromatic N) is 1. The lowest BCUT2D eigenvalue weighted by molar-refractivity contribution is -0.163. The molecular weight excluding hydrogens is 232 g/mol. The van der Waals surface area contributed by atoms with Gasteiger partial charge in [-0.1, -0.05) is 6.42 Å². The predicted molar refractivity (Wildman–Crippen MR) is 66.9 cm³/mol. The quantitative estimate of drug-likeness (QED) is 0.769. The number of rotatable bonds is 2. The molecule has 0 radical (unpaired) electrons. The first-order valence-corrected chi connectivity index (χ1v) is 6.77. The average molecular weight is 254 g/mol. The summed E-state index contributed by atoms with van der Waals surface area (Å²) in [6, 6.07) is -0.0996. The maximum absolute atomic E-state index is 12.5. The van der Waals surface area contributed by atoms with E-state index in [-0.39, 0.29) is 17.9 Å². The maximum atomic E-state index is 12.5. The summed E-state index contributed by atoms with van der Waals surface area (Å²) >= 11 is 0. The third kappa shape index (κ3) is 2.11. The number of amides is 1. The predicted octanol–water partition coefficient (Wildman–Crippen LogP) is 0.970. The van der Waals surface area contributed by atoms with Gasteiger partial charge in [0.15, 0.2) is 0 Å². The van der Waals surface area contributed by atoms with Crippen LogP contribution >= 0.6 is 0 Å². The molecule has 2 fully saturated rings. The first-order valence-electron chi connectivity index (χ1n) is 6.77. The SMILES string of the molecule is CC1(C(=O)O)CCCCN1C(=O)C1CCCC1N. The number of hydrogen-bond donors (Lipinski definition) is 2. The summed E-state index contributed by atoms with van der Waals surface area (Å²) in [7, 11) is 0. The van der Waals surface area contributed by atoms with E-state index in [0.717, 1.165) is 32.1 Å². The van der Waals surface area contributed by atoms with Crippen LogP contribution < -0.4 is 5.73 Å². The lowest BCUT2D eigenvalue weighted by Gasteiger charge is -2.43. The Kier molecular flexibility index (Phi) is 3.61. The van der Waals surface area contributed by atoms with Crippen LogP contribution in [-0.2, 0) is 9.59 Å². The second-order valence-electron chi connectivity index (χ2n) is 5.73. The summed E-state index contributed by atoms with van der Waals surface area (Å²) in [5.74, 6) is -1.13. The molecule has 0 aromatic carbocycles. The van der Waals surface area contributed by atoms with Crippen LogP contribution in [0.5, 0.6) is 0 Å². The van der Waals surface area contributed by atoms with E-state index >= 15 is 0 Å². The van der Waals surface area contributed by atoms with Crippen molar-refractivity contribution in [3.8, 4) is 0 Å². The van der Waals surface area contributed by atoms with Crippen LogP contribution in [0.1, 0.15) is 45.4 Å². The molecule has 1 saturated heterocycles. The lowest BCUT2D eigenvalue weighted by atomic mass is 9.86. The largest absolute Gasteiger partial charge is 0.480 e. The van der Waals surface area contributed by atoms with E-state index in [1.807, 2.05) is 0 Å². The normalized spacial score (nSPS) is 36.7. The van der Waals surface area contributed by atoms with Gasteiger partial charge in [0.2, 0.25) is 5.91 Å². The molecular formula is C13H22N2O3. The van der Waals surface area contributed by atoms with E-state index in [4.69, 9.17) is 5.73 Å². The van der Waals surface area contributed by atoms with Crippen LogP contribution in [-0.4, -0.2) is 40.0 Å². The van der Waals surface area contributed by atoms with Gasteiger partial charge in [-0.25, -0.2) is 4.79 Å². The van der Waals surface area contributed by atoms with Crippen molar-refractivity contribution in [1.29, 1.82) is 0 Å². The van der Waals surface area contributed by atoms with E-state index in [1.54, 1.807) is 11.8 Å². The highest BCUT2D eigenvalue weighted by Gasteiger charge is 2.46. The maximum Gasteiger partial charge on any atom is 0.329 e. The zero-order chi connectivity index (χ0) is 13.3. The van der Waals surface area contributed by atoms with Crippen LogP contribution in [0.4, 0.5) is 0 Å². The van der Waals surface area contributed by atoms with Gasteiger partial charge in [0, 0.05) is 12.6 Å². The van der Waals surface area contributed by atoms with Gasteiger partial charge in [0.1, 0.15) is 5.54 Å². The molecule has 3 unspecified atom stereocenters. The van der Waals surface area contributed by atoms with Gasteiger partial charge in [0.25, 0.3) is 0 Å². The van der Waals surface area contributed by atoms with Crippen LogP contribution in [0.15, 0.2) is 0 Å². The Morgan fingerprint density at radius 2 is 2.00 bits per heavy atom. The minimum atomic E-state index is -1.04. The molecule has 0 spiro atoms. The Morgan fingerprint density at radius 1 is 1.28 bits per heavy atom. The minimum Gasteiger partial charge on any atom is -0.480 e. The zero-order valence-corrected chi connectivity index (χ0v) is 10.9. The topological polar surface area (TPSA) is 83.6 Å². The summed E-state index contributed by atoms with van der Waals surface area (Å²) in [5.41, 5.74) is 4.91. The number of piperidine rings is 1. The second-order valence-corrected chi connectivity index (χ2v) is 5.73. The molecule has 3 N–H and O–H groups in total. The zero-order valence-electron chi connectivity index (χ0n) is 10.9. The van der Waals surface area contributed by atoms with Crippen molar-refractivity contribution in [2.75, 3.05) is 6.54 Å². The molecule has 3 atom stereocenters. The Hall–Kier alpha value is -1.10. The van der Waals surface area contributed by atoms with Crippen molar-refractivity contribution < 1.29 is 14.7 Å². The van der Waals surface area contributed by atoms with Gasteiger partial charge in [-0.2, -0.15) is 0 Å². The highest BCUT2D eigenvalue weighted by Crippen LogP contribution is 2.33. The molecule has 0 bridgehead atoms. The van der Waals surface area contributed by atoms with E-state index in [0.29, 0.717) is 13.0 Å². The fourth-order valence-electron chi connectivity index (χ4n) is 3.19. The van der Waals surface area contributed by atoms with Crippen molar-refractivity contribution in [1.82, 2.24) is 4.90 Å². The third-order valence-electron chi connectivity index (χ3n) is 4.50. The van der Waals surface area contributed by atoms with Gasteiger partial charge >= 0.3 is 5.97 Å². The molecule has 5 nitrogen and oxygen atoms in total. The van der Waals surface area contributed by atoms with Gasteiger partial charge in [-0.15, -0.1) is 0 Å². The second kappa shape index (κ2) is 4.88. The van der Waals surface area contributed by atoms with Crippen molar-refractivity contribution >= 4 is 11.9 Å². The summed E-state index contributed by atoms with van der Waals surface area (Å²) in [6.45, 7) is 2.21. The molecule has 1 amide bonds. The number of hydrogen-bond acceptors (Lipinski definition) is 3. The molecule has 1 heterocycles. The van der Waals surface area contributed by atoms with E-state index < -0.39 is 11.5 Å². The highest BCUT2D eigenvalue weighted by molar-refractivity contribution is 5.88. The smallest absolute Gasteiger partial charge is 0.329 e. The van der Waals surface area contributed by atoms with Crippen molar-refractivity contribution in [3.05, 3.63) is 0 Å². The molecule has 1 aliphatic heterocycles. The van der Waals surface area contributed by atoms with Crippen LogP contribution in [0.3, 0.4) is 0 Å². The van der Waals surface area contributed by atoms with Gasteiger partial charge < -0.3 is 15.7 Å². The van der Waals surface area contributed by atoms with Gasteiger partial charge in [-0.3, -0.25) is 4.79 Å². The average Bonchev–Trinajstić information content (AvgIpc) is 2.75. The molecule has 0 aromatic rings. The molecule has 5 heteroatoms. The number of likely N-dealkylation sites (tertiary alicyclic amines) is 1.